The molecule has 18 heavy (non-hydrogen) atoms. The van der Waals surface area contributed by atoms with Crippen LogP contribution in [0.25, 0.3) is 0 Å². The second-order valence-corrected chi connectivity index (χ2v) is 6.43. The minimum absolute atomic E-state index is 0.0500. The molecule has 1 aliphatic carbocycles. The summed E-state index contributed by atoms with van der Waals surface area (Å²) < 4.78 is 39.4. The van der Waals surface area contributed by atoms with Crippen LogP contribution in [-0.4, -0.2) is 26.7 Å². The molecule has 7 heteroatoms. The maximum atomic E-state index is 13.2. The fourth-order valence-electron chi connectivity index (χ4n) is 1.57. The summed E-state index contributed by atoms with van der Waals surface area (Å²) in [6.45, 7) is 0.115. The van der Waals surface area contributed by atoms with Crippen LogP contribution >= 0.6 is 0 Å². The number of benzene rings is 1. The lowest BCUT2D eigenvalue weighted by molar-refractivity contribution is 0.213. The van der Waals surface area contributed by atoms with Crippen molar-refractivity contribution in [3.8, 4) is 0 Å². The van der Waals surface area contributed by atoms with Crippen molar-refractivity contribution in [1.29, 1.82) is 0 Å². The van der Waals surface area contributed by atoms with Crippen LogP contribution < -0.4 is 10.5 Å². The molecule has 4 N–H and O–H groups in total. The van der Waals surface area contributed by atoms with Gasteiger partial charge >= 0.3 is 0 Å². The van der Waals surface area contributed by atoms with E-state index in [0.717, 1.165) is 18.9 Å². The number of anilines is 1. The Morgan fingerprint density at radius 3 is 2.61 bits per heavy atom. The van der Waals surface area contributed by atoms with Gasteiger partial charge in [0.25, 0.3) is 0 Å². The zero-order valence-electron chi connectivity index (χ0n) is 9.69. The third-order valence-electron chi connectivity index (χ3n) is 3.21. The van der Waals surface area contributed by atoms with Crippen molar-refractivity contribution in [3.63, 3.8) is 0 Å². The summed E-state index contributed by atoms with van der Waals surface area (Å²) in [6.07, 6.45) is 1.59. The first-order valence-corrected chi connectivity index (χ1v) is 7.02. The SMILES string of the molecule is Nc1ccc(S(=O)(=O)NCC2(CO)CC2)cc1F. The summed E-state index contributed by atoms with van der Waals surface area (Å²) in [7, 11) is -3.76. The first kappa shape index (κ1) is 13.3. The van der Waals surface area contributed by atoms with Gasteiger partial charge in [-0.25, -0.2) is 17.5 Å². The van der Waals surface area contributed by atoms with Gasteiger partial charge in [-0.3, -0.25) is 0 Å². The van der Waals surface area contributed by atoms with Crippen molar-refractivity contribution in [1.82, 2.24) is 4.72 Å². The molecule has 0 unspecified atom stereocenters. The van der Waals surface area contributed by atoms with Gasteiger partial charge in [0.2, 0.25) is 10.0 Å². The Morgan fingerprint density at radius 1 is 1.44 bits per heavy atom. The molecule has 1 aliphatic rings. The minimum atomic E-state index is -3.76. The van der Waals surface area contributed by atoms with E-state index >= 15 is 0 Å². The van der Waals surface area contributed by atoms with Crippen LogP contribution in [0.3, 0.4) is 0 Å². The fourth-order valence-corrected chi connectivity index (χ4v) is 2.74. The van der Waals surface area contributed by atoms with E-state index in [-0.39, 0.29) is 29.1 Å². The largest absolute Gasteiger partial charge is 0.396 e. The van der Waals surface area contributed by atoms with Crippen molar-refractivity contribution in [2.75, 3.05) is 18.9 Å². The van der Waals surface area contributed by atoms with Gasteiger partial charge in [-0.1, -0.05) is 0 Å². The van der Waals surface area contributed by atoms with Crippen molar-refractivity contribution >= 4 is 15.7 Å². The smallest absolute Gasteiger partial charge is 0.240 e. The van der Waals surface area contributed by atoms with Gasteiger partial charge in [0.1, 0.15) is 5.82 Å². The summed E-state index contributed by atoms with van der Waals surface area (Å²) >= 11 is 0. The molecule has 1 aromatic rings. The number of nitrogens with two attached hydrogens (primary N) is 1. The molecule has 100 valence electrons. The Morgan fingerprint density at radius 2 is 2.11 bits per heavy atom. The fraction of sp³-hybridized carbons (Fsp3) is 0.455. The van der Waals surface area contributed by atoms with Gasteiger partial charge in [-0.05, 0) is 31.0 Å². The lowest BCUT2D eigenvalue weighted by Gasteiger charge is -2.13. The third-order valence-corrected chi connectivity index (χ3v) is 4.61. The summed E-state index contributed by atoms with van der Waals surface area (Å²) in [4.78, 5) is -0.164. The van der Waals surface area contributed by atoms with E-state index in [1.807, 2.05) is 0 Å². The Hall–Kier alpha value is -1.18. The molecule has 0 aliphatic heterocycles. The van der Waals surface area contributed by atoms with E-state index in [4.69, 9.17) is 10.8 Å². The van der Waals surface area contributed by atoms with Gasteiger partial charge in [0.05, 0.1) is 10.6 Å². The summed E-state index contributed by atoms with van der Waals surface area (Å²) in [5, 5.41) is 9.09. The topological polar surface area (TPSA) is 92.4 Å². The molecule has 1 fully saturated rings. The second kappa shape index (κ2) is 4.49. The summed E-state index contributed by atoms with van der Waals surface area (Å²) in [5.74, 6) is -0.763. The average molecular weight is 274 g/mol. The number of nitrogen functional groups attached to an aromatic ring is 1. The Bertz CT molecular complexity index is 555. The third kappa shape index (κ3) is 2.63. The van der Waals surface area contributed by atoms with Crippen molar-refractivity contribution in [2.45, 2.75) is 17.7 Å². The molecule has 1 aromatic carbocycles. The zero-order valence-corrected chi connectivity index (χ0v) is 10.5. The van der Waals surface area contributed by atoms with Crippen LogP contribution in [0, 0.1) is 11.2 Å². The molecule has 0 atom stereocenters. The molecule has 1 saturated carbocycles. The van der Waals surface area contributed by atoms with E-state index in [1.54, 1.807) is 0 Å². The monoisotopic (exact) mass is 274 g/mol. The molecule has 0 bridgehead atoms. The highest BCUT2D eigenvalue weighted by Gasteiger charge is 2.42. The first-order valence-electron chi connectivity index (χ1n) is 5.54. The van der Waals surface area contributed by atoms with Crippen LogP contribution in [0.1, 0.15) is 12.8 Å². The van der Waals surface area contributed by atoms with E-state index < -0.39 is 15.8 Å². The van der Waals surface area contributed by atoms with E-state index in [9.17, 15) is 12.8 Å². The first-order chi connectivity index (χ1) is 8.38. The molecular weight excluding hydrogens is 259 g/mol. The maximum Gasteiger partial charge on any atom is 0.240 e. The van der Waals surface area contributed by atoms with Crippen LogP contribution in [0.15, 0.2) is 23.1 Å². The zero-order chi connectivity index (χ0) is 13.4. The highest BCUT2D eigenvalue weighted by molar-refractivity contribution is 7.89. The number of sulfonamides is 1. The minimum Gasteiger partial charge on any atom is -0.396 e. The van der Waals surface area contributed by atoms with Gasteiger partial charge in [-0.15, -0.1) is 0 Å². The number of halogens is 1. The summed E-state index contributed by atoms with van der Waals surface area (Å²) in [5.41, 5.74) is 4.86. The molecule has 0 amide bonds. The highest BCUT2D eigenvalue weighted by atomic mass is 32.2. The summed E-state index contributed by atoms with van der Waals surface area (Å²) in [6, 6.07) is 3.35. The van der Waals surface area contributed by atoms with Gasteiger partial charge in [0.15, 0.2) is 0 Å². The van der Waals surface area contributed by atoms with Crippen molar-refractivity contribution in [2.24, 2.45) is 5.41 Å². The van der Waals surface area contributed by atoms with E-state index in [1.165, 1.54) is 12.1 Å². The van der Waals surface area contributed by atoms with Crippen molar-refractivity contribution in [3.05, 3.63) is 24.0 Å². The number of hydrogen-bond acceptors (Lipinski definition) is 4. The van der Waals surface area contributed by atoms with Crippen LogP contribution in [-0.2, 0) is 10.0 Å². The van der Waals surface area contributed by atoms with Gasteiger partial charge < -0.3 is 10.8 Å². The molecule has 5 nitrogen and oxygen atoms in total. The number of hydrogen-bond donors (Lipinski definition) is 3. The molecular formula is C11H15FN2O3S. The van der Waals surface area contributed by atoms with E-state index in [0.29, 0.717) is 0 Å². The van der Waals surface area contributed by atoms with Crippen LogP contribution in [0.5, 0.6) is 0 Å². The highest BCUT2D eigenvalue weighted by Crippen LogP contribution is 2.44. The molecule has 0 heterocycles. The number of aliphatic hydroxyl groups excluding tert-OH is 1. The Labute approximate surface area is 105 Å². The quantitative estimate of drug-likeness (QED) is 0.680. The molecule has 0 spiro atoms. The molecule has 2 rings (SSSR count). The molecule has 0 radical (unpaired) electrons. The average Bonchev–Trinajstić information content (AvgIpc) is 3.11. The maximum absolute atomic E-state index is 13.2. The predicted molar refractivity (Wildman–Crippen MR) is 64.8 cm³/mol. The Kier molecular flexibility index (Phi) is 3.31. The van der Waals surface area contributed by atoms with E-state index in [2.05, 4.69) is 4.72 Å². The van der Waals surface area contributed by atoms with Gasteiger partial charge in [-0.2, -0.15) is 0 Å². The molecule has 0 saturated heterocycles. The van der Waals surface area contributed by atoms with Gasteiger partial charge in [0, 0.05) is 18.6 Å². The number of nitrogens with one attached hydrogen (secondary N) is 1. The van der Waals surface area contributed by atoms with Crippen LogP contribution in [0.2, 0.25) is 0 Å². The lowest BCUT2D eigenvalue weighted by Crippen LogP contribution is -2.32. The van der Waals surface area contributed by atoms with Crippen molar-refractivity contribution < 1.29 is 17.9 Å². The normalized spacial score (nSPS) is 17.7. The Balaban J connectivity index is 2.13. The predicted octanol–water partition coefficient (Wildman–Crippen LogP) is 0.459. The number of rotatable bonds is 5. The lowest BCUT2D eigenvalue weighted by atomic mass is 10.1. The standard InChI is InChI=1S/C11H15FN2O3S/c12-9-5-8(1-2-10(9)13)18(16,17)14-6-11(7-15)3-4-11/h1-2,5,14-15H,3-4,6-7,13H2. The number of aliphatic hydroxyl groups is 1. The molecule has 0 aromatic heterocycles. The van der Waals surface area contributed by atoms with Crippen LogP contribution in [0.4, 0.5) is 10.1 Å². The second-order valence-electron chi connectivity index (χ2n) is 4.67.